The van der Waals surface area contributed by atoms with Crippen molar-refractivity contribution in [2.75, 3.05) is 19.6 Å². The summed E-state index contributed by atoms with van der Waals surface area (Å²) in [4.78, 5) is 36.1. The molecule has 3 atom stereocenters. The molecule has 38 heavy (non-hydrogen) atoms. The second-order valence-electron chi connectivity index (χ2n) is 10.7. The summed E-state index contributed by atoms with van der Waals surface area (Å²) in [6, 6.07) is 16.2. The first-order valence-corrected chi connectivity index (χ1v) is 14.5. The van der Waals surface area contributed by atoms with Gasteiger partial charge in [-0.25, -0.2) is 0 Å². The van der Waals surface area contributed by atoms with Crippen molar-refractivity contribution >= 4 is 51.1 Å². The van der Waals surface area contributed by atoms with Crippen LogP contribution >= 0.6 is 22.9 Å². The molecule has 0 saturated carbocycles. The molecule has 2 aromatic carbocycles. The van der Waals surface area contributed by atoms with E-state index in [0.717, 1.165) is 28.5 Å². The fourth-order valence-electron chi connectivity index (χ4n) is 5.54. The summed E-state index contributed by atoms with van der Waals surface area (Å²) in [7, 11) is 0. The summed E-state index contributed by atoms with van der Waals surface area (Å²) >= 11 is 7.79. The van der Waals surface area contributed by atoms with Crippen LogP contribution in [0.25, 0.3) is 10.1 Å². The fraction of sp³-hybridized carbons (Fsp3) is 0.387. The van der Waals surface area contributed by atoms with E-state index < -0.39 is 0 Å². The van der Waals surface area contributed by atoms with Crippen molar-refractivity contribution in [3.05, 3.63) is 80.8 Å². The first-order chi connectivity index (χ1) is 18.2. The highest BCUT2D eigenvalue weighted by molar-refractivity contribution is 7.20. The van der Waals surface area contributed by atoms with E-state index in [1.165, 1.54) is 22.5 Å². The van der Waals surface area contributed by atoms with Gasteiger partial charge in [0.05, 0.1) is 4.88 Å². The summed E-state index contributed by atoms with van der Waals surface area (Å²) < 4.78 is 1.01. The number of carbonyl (C=O) groups excluding carboxylic acids is 2. The highest BCUT2D eigenvalue weighted by Gasteiger charge is 2.33. The average Bonchev–Trinajstić information content (AvgIpc) is 3.26. The molecule has 0 bridgehead atoms. The Kier molecular flexibility index (Phi) is 7.73. The first-order valence-electron chi connectivity index (χ1n) is 13.3. The van der Waals surface area contributed by atoms with Gasteiger partial charge in [-0.2, -0.15) is 0 Å². The van der Waals surface area contributed by atoms with Gasteiger partial charge in [-0.15, -0.1) is 11.3 Å². The number of halogens is 1. The SMILES string of the molecule is CC1=C(C(=O)N2CCN(C(=O)c3cc4c(Cl)cccc4s3)C(C)C2)N=CC(C(C)c2cccc(C)c2)CC1. The Labute approximate surface area is 233 Å². The minimum absolute atomic E-state index is 0.00210. The third kappa shape index (κ3) is 5.29. The number of hydrogen-bond acceptors (Lipinski definition) is 4. The van der Waals surface area contributed by atoms with Crippen LogP contribution in [0.3, 0.4) is 0 Å². The Morgan fingerprint density at radius 2 is 1.87 bits per heavy atom. The van der Waals surface area contributed by atoms with Crippen LogP contribution in [0.5, 0.6) is 0 Å². The van der Waals surface area contributed by atoms with Crippen LogP contribution in [0.1, 0.15) is 60.3 Å². The number of thiophene rings is 1. The average molecular weight is 548 g/mol. The number of carbonyl (C=O) groups is 2. The molecule has 1 saturated heterocycles. The van der Waals surface area contributed by atoms with Crippen molar-refractivity contribution in [1.82, 2.24) is 9.80 Å². The van der Waals surface area contributed by atoms with Crippen LogP contribution in [0.4, 0.5) is 0 Å². The Balaban J connectivity index is 1.26. The number of amides is 2. The minimum Gasteiger partial charge on any atom is -0.333 e. The lowest BCUT2D eigenvalue weighted by molar-refractivity contribution is -0.129. The van der Waals surface area contributed by atoms with Gasteiger partial charge in [0, 0.05) is 52.9 Å². The summed E-state index contributed by atoms with van der Waals surface area (Å²) in [5.74, 6) is 0.576. The number of aryl methyl sites for hydroxylation is 1. The van der Waals surface area contributed by atoms with Crippen LogP contribution in [-0.2, 0) is 4.79 Å². The van der Waals surface area contributed by atoms with Gasteiger partial charge in [-0.1, -0.05) is 54.4 Å². The van der Waals surface area contributed by atoms with Gasteiger partial charge in [0.15, 0.2) is 0 Å². The molecule has 3 heterocycles. The number of benzene rings is 2. The largest absolute Gasteiger partial charge is 0.333 e. The maximum absolute atomic E-state index is 13.6. The lowest BCUT2D eigenvalue weighted by Gasteiger charge is -2.39. The molecule has 0 radical (unpaired) electrons. The molecule has 0 spiro atoms. The maximum Gasteiger partial charge on any atom is 0.272 e. The molecule has 3 unspecified atom stereocenters. The van der Waals surface area contributed by atoms with E-state index in [4.69, 9.17) is 16.6 Å². The smallest absolute Gasteiger partial charge is 0.272 e. The molecule has 2 aliphatic rings. The van der Waals surface area contributed by atoms with E-state index in [-0.39, 0.29) is 23.8 Å². The number of rotatable bonds is 4. The van der Waals surface area contributed by atoms with Gasteiger partial charge in [-0.05, 0) is 68.9 Å². The molecule has 198 valence electrons. The Morgan fingerprint density at radius 1 is 1.08 bits per heavy atom. The van der Waals surface area contributed by atoms with Gasteiger partial charge in [0.2, 0.25) is 0 Å². The fourth-order valence-corrected chi connectivity index (χ4v) is 6.87. The van der Waals surface area contributed by atoms with Crippen molar-refractivity contribution in [1.29, 1.82) is 0 Å². The van der Waals surface area contributed by atoms with E-state index in [2.05, 4.69) is 38.1 Å². The Bertz CT molecular complexity index is 1440. The molecule has 5 nitrogen and oxygen atoms in total. The normalized spacial score (nSPS) is 21.1. The zero-order valence-electron chi connectivity index (χ0n) is 22.4. The van der Waals surface area contributed by atoms with Crippen LogP contribution in [0, 0.1) is 12.8 Å². The molecule has 2 aliphatic heterocycles. The van der Waals surface area contributed by atoms with Gasteiger partial charge in [0.1, 0.15) is 5.70 Å². The van der Waals surface area contributed by atoms with Crippen LogP contribution in [0.15, 0.2) is 64.8 Å². The zero-order valence-corrected chi connectivity index (χ0v) is 24.0. The molecular weight excluding hydrogens is 514 g/mol. The second kappa shape index (κ2) is 11.0. The summed E-state index contributed by atoms with van der Waals surface area (Å²) in [5.41, 5.74) is 4.17. The van der Waals surface area contributed by atoms with Crippen molar-refractivity contribution in [3.8, 4) is 0 Å². The standard InChI is InChI=1S/C31H34ClN3O2S/c1-19-7-5-8-23(15-19)22(4)24-12-11-20(2)29(33-17-24)31(37)34-13-14-35(21(3)18-34)30(36)28-16-25-26(32)9-6-10-27(25)38-28/h5-10,15-17,21-22,24H,11-14,18H2,1-4H3. The number of aliphatic imine (C=N–C) groups is 1. The van der Waals surface area contributed by atoms with Crippen LogP contribution in [0.2, 0.25) is 5.02 Å². The van der Waals surface area contributed by atoms with Crippen molar-refractivity contribution < 1.29 is 9.59 Å². The monoisotopic (exact) mass is 547 g/mol. The Hall–Kier alpha value is -2.96. The quantitative estimate of drug-likeness (QED) is 0.350. The van der Waals surface area contributed by atoms with E-state index in [1.54, 1.807) is 0 Å². The highest BCUT2D eigenvalue weighted by Crippen LogP contribution is 2.34. The highest BCUT2D eigenvalue weighted by atomic mass is 35.5. The second-order valence-corrected chi connectivity index (χ2v) is 12.2. The van der Waals surface area contributed by atoms with E-state index in [0.29, 0.717) is 41.1 Å². The van der Waals surface area contributed by atoms with E-state index in [9.17, 15) is 9.59 Å². The predicted octanol–water partition coefficient (Wildman–Crippen LogP) is 7.09. The van der Waals surface area contributed by atoms with E-state index >= 15 is 0 Å². The first kappa shape index (κ1) is 26.6. The molecule has 0 aliphatic carbocycles. The Morgan fingerprint density at radius 3 is 2.61 bits per heavy atom. The number of fused-ring (bicyclic) bond motifs is 1. The van der Waals surface area contributed by atoms with Gasteiger partial charge < -0.3 is 9.80 Å². The van der Waals surface area contributed by atoms with Crippen molar-refractivity contribution in [2.45, 2.75) is 52.5 Å². The topological polar surface area (TPSA) is 53.0 Å². The summed E-state index contributed by atoms with van der Waals surface area (Å²) in [5, 5.41) is 1.57. The van der Waals surface area contributed by atoms with Crippen molar-refractivity contribution in [2.24, 2.45) is 10.9 Å². The lowest BCUT2D eigenvalue weighted by atomic mass is 9.84. The zero-order chi connectivity index (χ0) is 27.0. The number of allylic oxidation sites excluding steroid dienone is 1. The number of piperazine rings is 1. The minimum atomic E-state index is -0.0920. The van der Waals surface area contributed by atoms with Gasteiger partial charge >= 0.3 is 0 Å². The lowest BCUT2D eigenvalue weighted by Crippen LogP contribution is -2.55. The molecule has 5 rings (SSSR count). The van der Waals surface area contributed by atoms with Gasteiger partial charge in [-0.3, -0.25) is 14.6 Å². The third-order valence-electron chi connectivity index (χ3n) is 7.96. The molecule has 1 aromatic heterocycles. The van der Waals surface area contributed by atoms with Crippen molar-refractivity contribution in [3.63, 3.8) is 0 Å². The third-order valence-corrected chi connectivity index (χ3v) is 9.38. The molecule has 1 fully saturated rings. The van der Waals surface area contributed by atoms with E-state index in [1.807, 2.05) is 54.1 Å². The maximum atomic E-state index is 13.6. The summed E-state index contributed by atoms with van der Waals surface area (Å²) in [6.07, 6.45) is 3.82. The summed E-state index contributed by atoms with van der Waals surface area (Å²) in [6.45, 7) is 9.88. The van der Waals surface area contributed by atoms with Gasteiger partial charge in [0.25, 0.3) is 11.8 Å². The number of hydrogen-bond donors (Lipinski definition) is 0. The number of nitrogens with zero attached hydrogens (tertiary/aromatic N) is 3. The van der Waals surface area contributed by atoms with Crippen LogP contribution < -0.4 is 0 Å². The predicted molar refractivity (Wildman–Crippen MR) is 157 cm³/mol. The molecule has 0 N–H and O–H groups in total. The molecule has 7 heteroatoms. The molecular formula is C31H34ClN3O2S. The van der Waals surface area contributed by atoms with Crippen LogP contribution in [-0.4, -0.2) is 53.5 Å². The molecule has 2 amide bonds. The molecule has 3 aromatic rings.